The molecule has 0 radical (unpaired) electrons. The predicted molar refractivity (Wildman–Crippen MR) is 53.4 cm³/mol. The van der Waals surface area contributed by atoms with E-state index in [0.29, 0.717) is 6.42 Å². The standard InChI is InChI=1S/C11H20O2/c1-3-4-5-9-6-7-11(2,13)8-10(9)12/h6-7,9-10,12-13H,3-5,8H2,1-2H3/t9-,10+,11-/m0/s1. The van der Waals surface area contributed by atoms with E-state index >= 15 is 0 Å². The minimum Gasteiger partial charge on any atom is -0.392 e. The molecule has 0 bridgehead atoms. The lowest BCUT2D eigenvalue weighted by atomic mass is 9.82. The van der Waals surface area contributed by atoms with Crippen LogP contribution in [0.3, 0.4) is 0 Å². The Bertz CT molecular complexity index is 185. The first kappa shape index (κ1) is 10.7. The molecule has 1 aliphatic carbocycles. The second-order valence-corrected chi connectivity index (χ2v) is 4.29. The lowest BCUT2D eigenvalue weighted by Crippen LogP contribution is -2.35. The molecule has 0 aromatic carbocycles. The lowest BCUT2D eigenvalue weighted by molar-refractivity contribution is 0.00931. The molecular weight excluding hydrogens is 164 g/mol. The average molecular weight is 184 g/mol. The van der Waals surface area contributed by atoms with Crippen LogP contribution in [0, 0.1) is 5.92 Å². The maximum Gasteiger partial charge on any atom is 0.0824 e. The van der Waals surface area contributed by atoms with Crippen molar-refractivity contribution in [2.24, 2.45) is 5.92 Å². The van der Waals surface area contributed by atoms with Crippen molar-refractivity contribution in [2.45, 2.75) is 51.2 Å². The Morgan fingerprint density at radius 3 is 2.77 bits per heavy atom. The molecule has 13 heavy (non-hydrogen) atoms. The summed E-state index contributed by atoms with van der Waals surface area (Å²) in [4.78, 5) is 0. The zero-order chi connectivity index (χ0) is 9.90. The highest BCUT2D eigenvalue weighted by Gasteiger charge is 2.30. The summed E-state index contributed by atoms with van der Waals surface area (Å²) in [6.45, 7) is 3.89. The molecule has 0 spiro atoms. The Morgan fingerprint density at radius 2 is 2.23 bits per heavy atom. The van der Waals surface area contributed by atoms with Gasteiger partial charge in [0.2, 0.25) is 0 Å². The van der Waals surface area contributed by atoms with Gasteiger partial charge < -0.3 is 10.2 Å². The van der Waals surface area contributed by atoms with Crippen LogP contribution in [0.15, 0.2) is 12.2 Å². The molecule has 1 aliphatic rings. The van der Waals surface area contributed by atoms with E-state index in [0.717, 1.165) is 19.3 Å². The van der Waals surface area contributed by atoms with Gasteiger partial charge in [0.05, 0.1) is 11.7 Å². The van der Waals surface area contributed by atoms with Crippen molar-refractivity contribution < 1.29 is 10.2 Å². The highest BCUT2D eigenvalue weighted by atomic mass is 16.3. The topological polar surface area (TPSA) is 40.5 Å². The fraction of sp³-hybridized carbons (Fsp3) is 0.818. The van der Waals surface area contributed by atoms with E-state index in [-0.39, 0.29) is 12.0 Å². The Balaban J connectivity index is 2.49. The maximum atomic E-state index is 9.72. The van der Waals surface area contributed by atoms with Gasteiger partial charge in [-0.1, -0.05) is 31.9 Å². The molecule has 3 atom stereocenters. The summed E-state index contributed by atoms with van der Waals surface area (Å²) in [5.74, 6) is 0.250. The van der Waals surface area contributed by atoms with Crippen LogP contribution in [0.1, 0.15) is 39.5 Å². The molecule has 0 aliphatic heterocycles. The zero-order valence-electron chi connectivity index (χ0n) is 8.53. The first-order valence-corrected chi connectivity index (χ1v) is 5.15. The Hall–Kier alpha value is -0.340. The molecule has 0 aromatic rings. The minimum atomic E-state index is -0.803. The van der Waals surface area contributed by atoms with Crippen molar-refractivity contribution in [3.8, 4) is 0 Å². The number of aliphatic hydroxyl groups excluding tert-OH is 1. The van der Waals surface area contributed by atoms with E-state index in [2.05, 4.69) is 6.92 Å². The van der Waals surface area contributed by atoms with Gasteiger partial charge in [-0.15, -0.1) is 0 Å². The molecule has 2 heteroatoms. The Morgan fingerprint density at radius 1 is 1.54 bits per heavy atom. The van der Waals surface area contributed by atoms with Gasteiger partial charge in [0.25, 0.3) is 0 Å². The molecule has 0 amide bonds. The van der Waals surface area contributed by atoms with Crippen molar-refractivity contribution in [2.75, 3.05) is 0 Å². The number of unbranched alkanes of at least 4 members (excludes halogenated alkanes) is 1. The molecule has 0 unspecified atom stereocenters. The van der Waals surface area contributed by atoms with Gasteiger partial charge in [-0.25, -0.2) is 0 Å². The minimum absolute atomic E-state index is 0.250. The van der Waals surface area contributed by atoms with Crippen molar-refractivity contribution >= 4 is 0 Å². The van der Waals surface area contributed by atoms with Crippen LogP contribution in [-0.4, -0.2) is 21.9 Å². The van der Waals surface area contributed by atoms with Gasteiger partial charge in [-0.05, 0) is 13.3 Å². The summed E-state index contributed by atoms with van der Waals surface area (Å²) in [6.07, 6.45) is 7.22. The normalized spacial score (nSPS) is 39.4. The fourth-order valence-corrected chi connectivity index (χ4v) is 1.83. The van der Waals surface area contributed by atoms with Crippen LogP contribution in [0.25, 0.3) is 0 Å². The molecule has 0 heterocycles. The van der Waals surface area contributed by atoms with Crippen LogP contribution in [0.5, 0.6) is 0 Å². The maximum absolute atomic E-state index is 9.72. The second-order valence-electron chi connectivity index (χ2n) is 4.29. The number of hydrogen-bond donors (Lipinski definition) is 2. The Kier molecular flexibility index (Phi) is 3.51. The van der Waals surface area contributed by atoms with E-state index < -0.39 is 5.60 Å². The largest absolute Gasteiger partial charge is 0.392 e. The van der Waals surface area contributed by atoms with Crippen molar-refractivity contribution in [3.05, 3.63) is 12.2 Å². The van der Waals surface area contributed by atoms with Crippen molar-refractivity contribution in [1.29, 1.82) is 0 Å². The van der Waals surface area contributed by atoms with E-state index in [1.54, 1.807) is 6.92 Å². The Labute approximate surface area is 80.3 Å². The third-order valence-electron chi connectivity index (χ3n) is 2.71. The quantitative estimate of drug-likeness (QED) is 0.657. The highest BCUT2D eigenvalue weighted by molar-refractivity contribution is 5.08. The number of hydrogen-bond acceptors (Lipinski definition) is 2. The van der Waals surface area contributed by atoms with Crippen LogP contribution in [-0.2, 0) is 0 Å². The lowest BCUT2D eigenvalue weighted by Gasteiger charge is -2.32. The van der Waals surface area contributed by atoms with E-state index in [1.807, 2.05) is 12.2 Å². The summed E-state index contributed by atoms with van der Waals surface area (Å²) < 4.78 is 0. The summed E-state index contributed by atoms with van der Waals surface area (Å²) in [7, 11) is 0. The molecule has 0 saturated carbocycles. The smallest absolute Gasteiger partial charge is 0.0824 e. The highest BCUT2D eigenvalue weighted by Crippen LogP contribution is 2.28. The van der Waals surface area contributed by atoms with Crippen LogP contribution < -0.4 is 0 Å². The molecule has 0 aromatic heterocycles. The first-order valence-electron chi connectivity index (χ1n) is 5.15. The zero-order valence-corrected chi connectivity index (χ0v) is 8.53. The predicted octanol–water partition coefficient (Wildman–Crippen LogP) is 1.86. The van der Waals surface area contributed by atoms with Gasteiger partial charge >= 0.3 is 0 Å². The van der Waals surface area contributed by atoms with Gasteiger partial charge in [0.15, 0.2) is 0 Å². The number of aliphatic hydroxyl groups is 2. The monoisotopic (exact) mass is 184 g/mol. The molecule has 2 nitrogen and oxygen atoms in total. The second kappa shape index (κ2) is 4.25. The fourth-order valence-electron chi connectivity index (χ4n) is 1.83. The molecule has 2 N–H and O–H groups in total. The molecule has 76 valence electrons. The summed E-state index contributed by atoms with van der Waals surface area (Å²) in [5.41, 5.74) is -0.803. The van der Waals surface area contributed by atoms with Gasteiger partial charge in [-0.2, -0.15) is 0 Å². The molecule has 1 rings (SSSR count). The van der Waals surface area contributed by atoms with Crippen LogP contribution in [0.4, 0.5) is 0 Å². The van der Waals surface area contributed by atoms with Crippen molar-refractivity contribution in [1.82, 2.24) is 0 Å². The van der Waals surface area contributed by atoms with E-state index in [4.69, 9.17) is 0 Å². The van der Waals surface area contributed by atoms with Crippen LogP contribution >= 0.6 is 0 Å². The van der Waals surface area contributed by atoms with Crippen molar-refractivity contribution in [3.63, 3.8) is 0 Å². The van der Waals surface area contributed by atoms with Gasteiger partial charge in [0, 0.05) is 12.3 Å². The van der Waals surface area contributed by atoms with E-state index in [1.165, 1.54) is 0 Å². The van der Waals surface area contributed by atoms with Gasteiger partial charge in [-0.3, -0.25) is 0 Å². The third kappa shape index (κ3) is 3.12. The molecule has 0 fully saturated rings. The number of rotatable bonds is 3. The summed E-state index contributed by atoms with van der Waals surface area (Å²) in [5, 5.41) is 19.4. The average Bonchev–Trinajstić information content (AvgIpc) is 2.02. The SMILES string of the molecule is CCCC[C@H]1C=C[C@](C)(O)C[C@H]1O. The van der Waals surface area contributed by atoms with Gasteiger partial charge in [0.1, 0.15) is 0 Å². The molecular formula is C11H20O2. The summed E-state index contributed by atoms with van der Waals surface area (Å²) in [6, 6.07) is 0. The summed E-state index contributed by atoms with van der Waals surface area (Å²) >= 11 is 0. The molecule has 0 saturated heterocycles. The van der Waals surface area contributed by atoms with Crippen LogP contribution in [0.2, 0.25) is 0 Å². The first-order chi connectivity index (χ1) is 6.05. The third-order valence-corrected chi connectivity index (χ3v) is 2.71. The van der Waals surface area contributed by atoms with E-state index in [9.17, 15) is 10.2 Å².